The van der Waals surface area contributed by atoms with Crippen LogP contribution in [0.25, 0.3) is 0 Å². The Hall–Kier alpha value is -1.56. The Labute approximate surface area is 75.3 Å². The Morgan fingerprint density at radius 2 is 2.15 bits per heavy atom. The lowest BCUT2D eigenvalue weighted by molar-refractivity contribution is 0.592. The van der Waals surface area contributed by atoms with E-state index in [0.29, 0.717) is 5.69 Å². The van der Waals surface area contributed by atoms with Crippen LogP contribution in [0.3, 0.4) is 0 Å². The number of fused-ring (bicyclic) bond motifs is 1. The average molecular weight is 196 g/mol. The number of sulfonamides is 1. The maximum absolute atomic E-state index is 11.3. The lowest BCUT2D eigenvalue weighted by Crippen LogP contribution is -2.24. The maximum Gasteiger partial charge on any atom is 0.264 e. The summed E-state index contributed by atoms with van der Waals surface area (Å²) >= 11 is 0. The van der Waals surface area contributed by atoms with Gasteiger partial charge in [-0.1, -0.05) is 0 Å². The van der Waals surface area contributed by atoms with Crippen LogP contribution in [0.15, 0.2) is 28.1 Å². The molecular formula is C7H6N3O2S. The number of nitrogens with one attached hydrogen (secondary N) is 2. The van der Waals surface area contributed by atoms with Crippen LogP contribution in [-0.2, 0) is 10.0 Å². The fourth-order valence-corrected chi connectivity index (χ4v) is 2.03. The molecule has 1 aliphatic heterocycles. The van der Waals surface area contributed by atoms with E-state index in [1.165, 1.54) is 18.2 Å². The standard InChI is InChI=1S/C7H6N3O2S/c8-5-1-2-7-6(3-5)9-4-10-13(7,11)12/h1-4,8H,(H,9,10). The van der Waals surface area contributed by atoms with Gasteiger partial charge in [0.25, 0.3) is 10.0 Å². The Balaban J connectivity index is 2.75. The van der Waals surface area contributed by atoms with Crippen LogP contribution in [-0.4, -0.2) is 14.8 Å². The van der Waals surface area contributed by atoms with Gasteiger partial charge in [-0.2, -0.15) is 0 Å². The Bertz CT molecular complexity index is 479. The summed E-state index contributed by atoms with van der Waals surface area (Å²) in [6.07, 6.45) is 1.11. The third kappa shape index (κ3) is 1.25. The zero-order valence-corrected chi connectivity index (χ0v) is 7.30. The summed E-state index contributed by atoms with van der Waals surface area (Å²) < 4.78 is 24.8. The van der Waals surface area contributed by atoms with Gasteiger partial charge in [0.1, 0.15) is 11.2 Å². The van der Waals surface area contributed by atoms with Crippen LogP contribution in [0, 0.1) is 0 Å². The van der Waals surface area contributed by atoms with Crippen molar-refractivity contribution in [1.29, 1.82) is 0 Å². The van der Waals surface area contributed by atoms with Crippen molar-refractivity contribution in [1.82, 2.24) is 10.5 Å². The molecule has 0 aliphatic carbocycles. The molecule has 0 spiro atoms. The highest BCUT2D eigenvalue weighted by molar-refractivity contribution is 7.90. The fraction of sp³-hybridized carbons (Fsp3) is 0. The van der Waals surface area contributed by atoms with E-state index in [9.17, 15) is 8.42 Å². The summed E-state index contributed by atoms with van der Waals surface area (Å²) in [6, 6.07) is 4.19. The number of hydrogen-bond donors (Lipinski definition) is 1. The highest BCUT2D eigenvalue weighted by Gasteiger charge is 2.20. The van der Waals surface area contributed by atoms with E-state index in [1.807, 2.05) is 0 Å². The molecule has 0 amide bonds. The van der Waals surface area contributed by atoms with E-state index in [4.69, 9.17) is 5.73 Å². The first-order chi connectivity index (χ1) is 6.09. The summed E-state index contributed by atoms with van der Waals surface area (Å²) in [5.41, 5.74) is 7.83. The summed E-state index contributed by atoms with van der Waals surface area (Å²) in [7, 11) is -3.44. The molecule has 0 aromatic heterocycles. The number of aliphatic imine (C=N–C) groups is 1. The molecule has 0 unspecified atom stereocenters. The minimum absolute atomic E-state index is 0.117. The summed E-state index contributed by atoms with van der Waals surface area (Å²) in [6.45, 7) is 0. The summed E-state index contributed by atoms with van der Waals surface area (Å²) in [4.78, 5) is 3.93. The highest BCUT2D eigenvalue weighted by Crippen LogP contribution is 2.28. The molecule has 67 valence electrons. The van der Waals surface area contributed by atoms with Crippen molar-refractivity contribution in [3.8, 4) is 0 Å². The van der Waals surface area contributed by atoms with Gasteiger partial charge in [-0.25, -0.2) is 13.4 Å². The van der Waals surface area contributed by atoms with Crippen molar-refractivity contribution in [3.05, 3.63) is 18.2 Å². The monoisotopic (exact) mass is 196 g/mol. The van der Waals surface area contributed by atoms with Crippen LogP contribution in [0.1, 0.15) is 0 Å². The largest absolute Gasteiger partial charge is 0.301 e. The van der Waals surface area contributed by atoms with Crippen molar-refractivity contribution in [2.75, 3.05) is 0 Å². The number of hydrogen-bond acceptors (Lipinski definition) is 3. The average Bonchev–Trinajstić information content (AvgIpc) is 2.02. The molecule has 5 nitrogen and oxygen atoms in total. The zero-order valence-electron chi connectivity index (χ0n) is 6.48. The summed E-state index contributed by atoms with van der Waals surface area (Å²) in [5.74, 6) is 0. The van der Waals surface area contributed by atoms with Gasteiger partial charge in [-0.05, 0) is 18.2 Å². The first-order valence-corrected chi connectivity index (χ1v) is 4.98. The Morgan fingerprint density at radius 3 is 2.92 bits per heavy atom. The molecule has 1 aromatic rings. The number of rotatable bonds is 0. The zero-order chi connectivity index (χ0) is 9.47. The predicted molar refractivity (Wildman–Crippen MR) is 47.7 cm³/mol. The topological polar surface area (TPSA) is 82.3 Å². The van der Waals surface area contributed by atoms with E-state index < -0.39 is 10.0 Å². The first kappa shape index (κ1) is 8.06. The second-order valence-electron chi connectivity index (χ2n) is 2.56. The highest BCUT2D eigenvalue weighted by atomic mass is 32.2. The molecule has 0 saturated carbocycles. The molecule has 0 bridgehead atoms. The molecule has 0 atom stereocenters. The number of nitrogens with zero attached hydrogens (tertiary/aromatic N) is 1. The smallest absolute Gasteiger partial charge is 0.264 e. The molecular weight excluding hydrogens is 190 g/mol. The van der Waals surface area contributed by atoms with Crippen molar-refractivity contribution in [2.45, 2.75) is 4.90 Å². The van der Waals surface area contributed by atoms with Crippen LogP contribution in [0.2, 0.25) is 0 Å². The van der Waals surface area contributed by atoms with Crippen molar-refractivity contribution in [3.63, 3.8) is 0 Å². The maximum atomic E-state index is 11.3. The van der Waals surface area contributed by atoms with Gasteiger partial charge in [-0.3, -0.25) is 4.72 Å². The number of benzene rings is 1. The normalized spacial score (nSPS) is 17.5. The lowest BCUT2D eigenvalue weighted by atomic mass is 10.3. The molecule has 1 heterocycles. The van der Waals surface area contributed by atoms with E-state index in [2.05, 4.69) is 9.71 Å². The van der Waals surface area contributed by atoms with Crippen molar-refractivity contribution < 1.29 is 8.42 Å². The molecule has 2 N–H and O–H groups in total. The van der Waals surface area contributed by atoms with Crippen molar-refractivity contribution >= 4 is 27.7 Å². The van der Waals surface area contributed by atoms with Gasteiger partial charge in [0.05, 0.1) is 11.4 Å². The first-order valence-electron chi connectivity index (χ1n) is 3.50. The van der Waals surface area contributed by atoms with E-state index in [0.717, 1.165) is 6.34 Å². The second-order valence-corrected chi connectivity index (χ2v) is 4.24. The third-order valence-electron chi connectivity index (χ3n) is 1.66. The molecule has 0 fully saturated rings. The Kier molecular flexibility index (Phi) is 1.53. The molecule has 13 heavy (non-hydrogen) atoms. The van der Waals surface area contributed by atoms with Gasteiger partial charge in [0.2, 0.25) is 0 Å². The second kappa shape index (κ2) is 2.46. The molecule has 1 aromatic carbocycles. The van der Waals surface area contributed by atoms with Crippen LogP contribution in [0.5, 0.6) is 0 Å². The minimum atomic E-state index is -3.44. The predicted octanol–water partition coefficient (Wildman–Crippen LogP) is 0.553. The molecule has 6 heteroatoms. The third-order valence-corrected chi connectivity index (χ3v) is 3.00. The summed E-state index contributed by atoms with van der Waals surface area (Å²) in [5, 5.41) is 0. The van der Waals surface area contributed by atoms with E-state index >= 15 is 0 Å². The van der Waals surface area contributed by atoms with Gasteiger partial charge < -0.3 is 5.73 Å². The van der Waals surface area contributed by atoms with Crippen molar-refractivity contribution in [2.24, 2.45) is 4.99 Å². The Morgan fingerprint density at radius 1 is 1.38 bits per heavy atom. The quantitative estimate of drug-likeness (QED) is 0.657. The van der Waals surface area contributed by atoms with Gasteiger partial charge in [0, 0.05) is 0 Å². The van der Waals surface area contributed by atoms with Gasteiger partial charge in [-0.15, -0.1) is 0 Å². The fourth-order valence-electron chi connectivity index (χ4n) is 1.07. The van der Waals surface area contributed by atoms with E-state index in [-0.39, 0.29) is 10.6 Å². The minimum Gasteiger partial charge on any atom is -0.301 e. The molecule has 1 aliphatic rings. The van der Waals surface area contributed by atoms with Crippen LogP contribution in [0.4, 0.5) is 11.4 Å². The van der Waals surface area contributed by atoms with Gasteiger partial charge in [0.15, 0.2) is 0 Å². The SMILES string of the molecule is [NH]c1ccc2c(c1)N=CNS2(=O)=O. The van der Waals surface area contributed by atoms with Gasteiger partial charge >= 0.3 is 0 Å². The lowest BCUT2D eigenvalue weighted by Gasteiger charge is -2.11. The molecule has 0 saturated heterocycles. The molecule has 2 rings (SSSR count). The van der Waals surface area contributed by atoms with Crippen LogP contribution >= 0.6 is 0 Å². The molecule has 1 radical (unpaired) electrons. The van der Waals surface area contributed by atoms with E-state index in [1.54, 1.807) is 0 Å². The van der Waals surface area contributed by atoms with Crippen LogP contribution < -0.4 is 10.5 Å².